The highest BCUT2D eigenvalue weighted by Gasteiger charge is 2.40. The molecule has 22 heavy (non-hydrogen) atoms. The highest BCUT2D eigenvalue weighted by molar-refractivity contribution is 4.93. The molecule has 1 aliphatic rings. The van der Waals surface area contributed by atoms with E-state index in [0.29, 0.717) is 6.54 Å². The number of hydrogen-bond acceptors (Lipinski definition) is 6. The fourth-order valence-corrected chi connectivity index (χ4v) is 3.08. The van der Waals surface area contributed by atoms with Crippen LogP contribution in [-0.4, -0.2) is 83.1 Å². The van der Waals surface area contributed by atoms with E-state index in [4.69, 9.17) is 4.74 Å². The molecule has 6 heteroatoms. The number of methoxy groups -OCH3 is 1. The summed E-state index contributed by atoms with van der Waals surface area (Å²) < 4.78 is 5.02. The molecule has 0 spiro atoms. The standard InChI is InChI=1S/C16H33NO5/c1-22-10-8-6-4-2-3-5-7-9-17-11-14(19)16(21)15(20)13(17)12-18/h13-16,18-21H,2-12H2,1H3/t13-,14?,15?,16?/m0/s1. The molecule has 4 atom stereocenters. The molecule has 3 unspecified atom stereocenters. The topological polar surface area (TPSA) is 93.4 Å². The van der Waals surface area contributed by atoms with E-state index in [1.54, 1.807) is 7.11 Å². The molecule has 1 aliphatic heterocycles. The Morgan fingerprint density at radius 2 is 1.50 bits per heavy atom. The zero-order valence-electron chi connectivity index (χ0n) is 13.7. The molecular weight excluding hydrogens is 286 g/mol. The van der Waals surface area contributed by atoms with Crippen molar-refractivity contribution in [2.24, 2.45) is 0 Å². The Morgan fingerprint density at radius 1 is 0.909 bits per heavy atom. The number of hydrogen-bond donors (Lipinski definition) is 4. The van der Waals surface area contributed by atoms with Gasteiger partial charge in [-0.15, -0.1) is 0 Å². The van der Waals surface area contributed by atoms with Gasteiger partial charge in [0.1, 0.15) is 12.2 Å². The number of aliphatic hydroxyl groups is 4. The van der Waals surface area contributed by atoms with Gasteiger partial charge in [0, 0.05) is 20.3 Å². The smallest absolute Gasteiger partial charge is 0.109 e. The minimum atomic E-state index is -1.17. The summed E-state index contributed by atoms with van der Waals surface area (Å²) >= 11 is 0. The molecule has 6 nitrogen and oxygen atoms in total. The number of likely N-dealkylation sites (tertiary alicyclic amines) is 1. The third kappa shape index (κ3) is 6.48. The molecule has 0 amide bonds. The van der Waals surface area contributed by atoms with Crippen molar-refractivity contribution in [2.75, 3.05) is 33.4 Å². The summed E-state index contributed by atoms with van der Waals surface area (Å²) in [5.41, 5.74) is 0. The lowest BCUT2D eigenvalue weighted by Gasteiger charge is -2.43. The van der Waals surface area contributed by atoms with Gasteiger partial charge in [0.05, 0.1) is 18.8 Å². The van der Waals surface area contributed by atoms with Crippen molar-refractivity contribution >= 4 is 0 Å². The quantitative estimate of drug-likeness (QED) is 0.404. The zero-order valence-corrected chi connectivity index (χ0v) is 13.7. The van der Waals surface area contributed by atoms with Crippen molar-refractivity contribution in [2.45, 2.75) is 69.3 Å². The van der Waals surface area contributed by atoms with Gasteiger partial charge in [0.2, 0.25) is 0 Å². The van der Waals surface area contributed by atoms with Gasteiger partial charge in [0.15, 0.2) is 0 Å². The summed E-state index contributed by atoms with van der Waals surface area (Å²) in [6.45, 7) is 1.68. The Morgan fingerprint density at radius 3 is 2.09 bits per heavy atom. The number of β-amino-alcohol motifs (C(OH)–C–C–N with tert-alkyl or cyclic N) is 1. The number of nitrogens with zero attached hydrogens (tertiary/aromatic N) is 1. The SMILES string of the molecule is COCCCCCCCCCN1CC(O)C(O)C(O)[C@@H]1CO. The second-order valence-electron chi connectivity index (χ2n) is 6.26. The molecule has 1 fully saturated rings. The minimum absolute atomic E-state index is 0.204. The predicted molar refractivity (Wildman–Crippen MR) is 84.7 cm³/mol. The average molecular weight is 319 g/mol. The van der Waals surface area contributed by atoms with Crippen molar-refractivity contribution in [3.05, 3.63) is 0 Å². The summed E-state index contributed by atoms with van der Waals surface area (Å²) in [4.78, 5) is 1.89. The molecule has 1 saturated heterocycles. The average Bonchev–Trinajstić information content (AvgIpc) is 2.51. The monoisotopic (exact) mass is 319 g/mol. The van der Waals surface area contributed by atoms with Gasteiger partial charge in [-0.25, -0.2) is 0 Å². The Labute approximate surface area is 133 Å². The molecule has 0 bridgehead atoms. The van der Waals surface area contributed by atoms with Crippen molar-refractivity contribution < 1.29 is 25.2 Å². The summed E-state index contributed by atoms with van der Waals surface area (Å²) in [6.07, 6.45) is 4.85. The number of piperidine rings is 1. The first kappa shape index (κ1) is 19.8. The fraction of sp³-hybridized carbons (Fsp3) is 1.00. The second-order valence-corrected chi connectivity index (χ2v) is 6.26. The third-order valence-corrected chi connectivity index (χ3v) is 4.51. The third-order valence-electron chi connectivity index (χ3n) is 4.51. The number of unbranched alkanes of at least 4 members (excludes halogenated alkanes) is 6. The first-order chi connectivity index (χ1) is 10.6. The lowest BCUT2D eigenvalue weighted by molar-refractivity contribution is -0.145. The van der Waals surface area contributed by atoms with Crippen molar-refractivity contribution in [1.82, 2.24) is 4.90 Å². The van der Waals surface area contributed by atoms with Crippen LogP contribution in [0.25, 0.3) is 0 Å². The van der Waals surface area contributed by atoms with Crippen molar-refractivity contribution in [1.29, 1.82) is 0 Å². The van der Waals surface area contributed by atoms with Crippen LogP contribution in [0.4, 0.5) is 0 Å². The maximum absolute atomic E-state index is 9.90. The Balaban J connectivity index is 2.12. The van der Waals surface area contributed by atoms with E-state index < -0.39 is 24.4 Å². The number of aliphatic hydroxyl groups excluding tert-OH is 4. The van der Waals surface area contributed by atoms with Crippen LogP contribution in [0.15, 0.2) is 0 Å². The maximum Gasteiger partial charge on any atom is 0.109 e. The number of ether oxygens (including phenoxy) is 1. The van der Waals surface area contributed by atoms with E-state index in [1.165, 1.54) is 25.7 Å². The fourth-order valence-electron chi connectivity index (χ4n) is 3.08. The van der Waals surface area contributed by atoms with Gasteiger partial charge in [-0.05, 0) is 19.4 Å². The number of rotatable bonds is 11. The molecular formula is C16H33NO5. The van der Waals surface area contributed by atoms with E-state index in [1.807, 2.05) is 4.90 Å². The lowest BCUT2D eigenvalue weighted by Crippen LogP contribution is -2.62. The van der Waals surface area contributed by atoms with Gasteiger partial charge in [-0.1, -0.05) is 32.1 Å². The van der Waals surface area contributed by atoms with Crippen LogP contribution < -0.4 is 0 Å². The van der Waals surface area contributed by atoms with Gasteiger partial charge in [-0.3, -0.25) is 4.90 Å². The van der Waals surface area contributed by atoms with Crippen molar-refractivity contribution in [3.8, 4) is 0 Å². The summed E-state index contributed by atoms with van der Waals surface area (Å²) in [7, 11) is 1.73. The van der Waals surface area contributed by atoms with Crippen LogP contribution >= 0.6 is 0 Å². The van der Waals surface area contributed by atoms with Crippen LogP contribution in [0, 0.1) is 0 Å². The molecule has 0 aliphatic carbocycles. The minimum Gasteiger partial charge on any atom is -0.395 e. The summed E-state index contributed by atoms with van der Waals surface area (Å²) in [5.74, 6) is 0. The first-order valence-electron chi connectivity index (χ1n) is 8.49. The van der Waals surface area contributed by atoms with Crippen LogP contribution in [0.2, 0.25) is 0 Å². The summed E-state index contributed by atoms with van der Waals surface area (Å²) in [5, 5.41) is 38.7. The zero-order chi connectivity index (χ0) is 16.4. The highest BCUT2D eigenvalue weighted by atomic mass is 16.5. The molecule has 0 aromatic heterocycles. The Kier molecular flexibility index (Phi) is 10.2. The van der Waals surface area contributed by atoms with Crippen LogP contribution in [0.1, 0.15) is 44.9 Å². The lowest BCUT2D eigenvalue weighted by atomic mass is 9.94. The Bertz CT molecular complexity index is 279. The molecule has 0 radical (unpaired) electrons. The van der Waals surface area contributed by atoms with E-state index in [-0.39, 0.29) is 6.61 Å². The van der Waals surface area contributed by atoms with Crippen LogP contribution in [-0.2, 0) is 4.74 Å². The molecule has 0 aromatic carbocycles. The van der Waals surface area contributed by atoms with E-state index in [0.717, 1.165) is 32.4 Å². The van der Waals surface area contributed by atoms with Crippen molar-refractivity contribution in [3.63, 3.8) is 0 Å². The maximum atomic E-state index is 9.90. The molecule has 0 saturated carbocycles. The van der Waals surface area contributed by atoms with Gasteiger partial charge < -0.3 is 25.2 Å². The molecule has 1 heterocycles. The van der Waals surface area contributed by atoms with Gasteiger partial charge in [-0.2, -0.15) is 0 Å². The van der Waals surface area contributed by atoms with E-state index in [2.05, 4.69) is 0 Å². The molecule has 4 N–H and O–H groups in total. The van der Waals surface area contributed by atoms with Gasteiger partial charge in [0.25, 0.3) is 0 Å². The largest absolute Gasteiger partial charge is 0.395 e. The van der Waals surface area contributed by atoms with Gasteiger partial charge >= 0.3 is 0 Å². The molecule has 132 valence electrons. The second kappa shape index (κ2) is 11.3. The first-order valence-corrected chi connectivity index (χ1v) is 8.49. The molecule has 1 rings (SSSR count). The predicted octanol–water partition coefficient (Wildman–Crippen LogP) is 0.123. The highest BCUT2D eigenvalue weighted by Crippen LogP contribution is 2.19. The van der Waals surface area contributed by atoms with Crippen LogP contribution in [0.5, 0.6) is 0 Å². The van der Waals surface area contributed by atoms with E-state index >= 15 is 0 Å². The van der Waals surface area contributed by atoms with E-state index in [9.17, 15) is 20.4 Å². The normalized spacial score (nSPS) is 29.9. The molecule has 0 aromatic rings. The summed E-state index contributed by atoms with van der Waals surface area (Å²) in [6, 6.07) is -0.479. The van der Waals surface area contributed by atoms with Crippen LogP contribution in [0.3, 0.4) is 0 Å². The Hall–Kier alpha value is -0.240.